The van der Waals surface area contributed by atoms with Crippen LogP contribution in [-0.2, 0) is 29.8 Å². The highest BCUT2D eigenvalue weighted by Gasteiger charge is 2.50. The number of aromatic nitrogens is 2. The molecule has 1 spiro atoms. The summed E-state index contributed by atoms with van der Waals surface area (Å²) in [4.78, 5) is 14.4. The van der Waals surface area contributed by atoms with Gasteiger partial charge in [0.25, 0.3) is 0 Å². The minimum atomic E-state index is -0.807. The molecule has 8 nitrogen and oxygen atoms in total. The second kappa shape index (κ2) is 9.76. The van der Waals surface area contributed by atoms with Crippen LogP contribution in [-0.4, -0.2) is 65.4 Å². The van der Waals surface area contributed by atoms with E-state index in [9.17, 15) is 9.65 Å². The van der Waals surface area contributed by atoms with Gasteiger partial charge in [0.05, 0.1) is 29.5 Å². The highest BCUT2D eigenvalue weighted by Crippen LogP contribution is 2.49. The molecule has 1 N–H and O–H groups in total. The fourth-order valence-electron chi connectivity index (χ4n) is 7.71. The van der Waals surface area contributed by atoms with Gasteiger partial charge in [0.2, 0.25) is 0 Å². The molecule has 206 valence electrons. The van der Waals surface area contributed by atoms with E-state index in [0.717, 1.165) is 84.8 Å². The van der Waals surface area contributed by atoms with Crippen molar-refractivity contribution in [1.29, 1.82) is 5.26 Å². The van der Waals surface area contributed by atoms with Gasteiger partial charge in [-0.2, -0.15) is 15.2 Å². The second-order valence-electron chi connectivity index (χ2n) is 11.9. The van der Waals surface area contributed by atoms with Crippen LogP contribution in [0.4, 0.5) is 10.2 Å². The topological polar surface area (TPSA) is 86.5 Å². The van der Waals surface area contributed by atoms with Crippen LogP contribution < -0.4 is 15.0 Å². The summed E-state index contributed by atoms with van der Waals surface area (Å²) in [7, 11) is 0. The molecule has 0 saturated carbocycles. The molecule has 5 heterocycles. The van der Waals surface area contributed by atoms with Gasteiger partial charge >= 0.3 is 6.01 Å². The minimum absolute atomic E-state index is 0.0735. The number of nitrogens with one attached hydrogen (secondary N) is 1. The maximum absolute atomic E-state index is 14.4. The van der Waals surface area contributed by atoms with E-state index < -0.39 is 11.8 Å². The lowest BCUT2D eigenvalue weighted by Crippen LogP contribution is -2.46. The molecule has 2 aromatic rings. The molecule has 0 bridgehead atoms. The molecule has 39 heavy (non-hydrogen) atoms. The molecule has 3 saturated heterocycles. The number of halogens is 2. The Labute approximate surface area is 233 Å². The van der Waals surface area contributed by atoms with Crippen LogP contribution in [0.3, 0.4) is 0 Å². The fourth-order valence-corrected chi connectivity index (χ4v) is 7.98. The average Bonchev–Trinajstić information content (AvgIpc) is 3.58. The van der Waals surface area contributed by atoms with Crippen molar-refractivity contribution in [3.8, 4) is 12.2 Å². The molecule has 0 radical (unpaired) electrons. The van der Waals surface area contributed by atoms with Gasteiger partial charge in [-0.3, -0.25) is 4.90 Å². The Morgan fingerprint density at radius 1 is 1.21 bits per heavy atom. The maximum Gasteiger partial charge on any atom is 0.318 e. The Morgan fingerprint density at radius 3 is 3.03 bits per heavy atom. The van der Waals surface area contributed by atoms with E-state index in [-0.39, 0.29) is 11.6 Å². The van der Waals surface area contributed by atoms with Gasteiger partial charge in [-0.1, -0.05) is 23.7 Å². The summed E-state index contributed by atoms with van der Waals surface area (Å²) in [5.74, 6) is 0.828. The first kappa shape index (κ1) is 25.3. The first-order valence-electron chi connectivity index (χ1n) is 14.2. The number of alkyl halides is 1. The first-order chi connectivity index (χ1) is 19.0. The van der Waals surface area contributed by atoms with Crippen LogP contribution in [0.25, 0.3) is 0 Å². The van der Waals surface area contributed by atoms with E-state index >= 15 is 0 Å². The van der Waals surface area contributed by atoms with E-state index in [0.29, 0.717) is 45.2 Å². The van der Waals surface area contributed by atoms with Crippen molar-refractivity contribution in [3.05, 3.63) is 45.6 Å². The van der Waals surface area contributed by atoms with Gasteiger partial charge < -0.3 is 19.7 Å². The number of hydrogen-bond acceptors (Lipinski definition) is 8. The number of nitrogens with zero attached hydrogens (tertiary/aromatic N) is 5. The molecule has 4 aliphatic heterocycles. The third-order valence-electron chi connectivity index (χ3n) is 9.61. The number of hydrogen-bond donors (Lipinski definition) is 1. The predicted octanol–water partition coefficient (Wildman–Crippen LogP) is 4.04. The van der Waals surface area contributed by atoms with Crippen molar-refractivity contribution in [3.63, 3.8) is 0 Å². The Morgan fingerprint density at radius 2 is 2.13 bits per heavy atom. The summed E-state index contributed by atoms with van der Waals surface area (Å²) in [5, 5.41) is 12.9. The van der Waals surface area contributed by atoms with E-state index in [2.05, 4.69) is 27.4 Å². The average molecular weight is 553 g/mol. The standard InChI is InChI=1S/C29H34ClFN6O2/c30-24-6-1-5-23-21(24)7-9-29(23)13-25-22(16-39-29)26(36-10-2-4-20(15-36)33-18-32)35-27(34-25)38-17-28-8-3-11-37(28)14-19(31)12-28/h1,5-6,19-20,33H,2-4,7-17H2/t19-,20?,28+,29?/m1/s1. The van der Waals surface area contributed by atoms with Crippen molar-refractivity contribution in [2.24, 2.45) is 0 Å². The van der Waals surface area contributed by atoms with Crippen molar-refractivity contribution in [2.75, 3.05) is 37.7 Å². The summed E-state index contributed by atoms with van der Waals surface area (Å²) in [5.41, 5.74) is 3.53. The van der Waals surface area contributed by atoms with E-state index in [4.69, 9.17) is 31.0 Å². The van der Waals surface area contributed by atoms with E-state index in [1.807, 2.05) is 12.1 Å². The van der Waals surface area contributed by atoms with Gasteiger partial charge in [-0.15, -0.1) is 0 Å². The number of rotatable bonds is 5. The lowest BCUT2D eigenvalue weighted by molar-refractivity contribution is -0.0730. The Kier molecular flexibility index (Phi) is 6.33. The summed E-state index contributed by atoms with van der Waals surface area (Å²) in [6.45, 7) is 3.74. The molecular formula is C29H34ClFN6O2. The lowest BCUT2D eigenvalue weighted by atomic mass is 9.87. The summed E-state index contributed by atoms with van der Waals surface area (Å²) >= 11 is 6.55. The highest BCUT2D eigenvalue weighted by atomic mass is 35.5. The van der Waals surface area contributed by atoms with Gasteiger partial charge in [-0.25, -0.2) is 4.39 Å². The van der Waals surface area contributed by atoms with Gasteiger partial charge in [0.15, 0.2) is 6.19 Å². The quantitative estimate of drug-likeness (QED) is 0.439. The molecular weight excluding hydrogens is 519 g/mol. The van der Waals surface area contributed by atoms with Crippen molar-refractivity contribution < 1.29 is 13.9 Å². The van der Waals surface area contributed by atoms with Crippen LogP contribution in [0.15, 0.2) is 18.2 Å². The summed E-state index contributed by atoms with van der Waals surface area (Å²) in [6, 6.07) is 6.49. The van der Waals surface area contributed by atoms with Crippen LogP contribution in [0, 0.1) is 11.5 Å². The van der Waals surface area contributed by atoms with Crippen molar-refractivity contribution in [1.82, 2.24) is 20.2 Å². The highest BCUT2D eigenvalue weighted by molar-refractivity contribution is 6.31. The number of nitriles is 1. The second-order valence-corrected chi connectivity index (χ2v) is 12.3. The number of ether oxygens (including phenoxy) is 2. The van der Waals surface area contributed by atoms with Crippen LogP contribution >= 0.6 is 11.6 Å². The fraction of sp³-hybridized carbons (Fsp3) is 0.621. The monoisotopic (exact) mass is 552 g/mol. The van der Waals surface area contributed by atoms with E-state index in [1.54, 1.807) is 0 Å². The lowest BCUT2D eigenvalue weighted by Gasteiger charge is -2.39. The first-order valence-corrected chi connectivity index (χ1v) is 14.6. The van der Waals surface area contributed by atoms with Crippen molar-refractivity contribution in [2.45, 2.75) is 81.3 Å². The molecule has 1 aromatic carbocycles. The molecule has 7 rings (SSSR count). The van der Waals surface area contributed by atoms with Gasteiger partial charge in [0.1, 0.15) is 18.6 Å². The predicted molar refractivity (Wildman–Crippen MR) is 145 cm³/mol. The Hall–Kier alpha value is -2.67. The van der Waals surface area contributed by atoms with E-state index in [1.165, 1.54) is 0 Å². The zero-order chi connectivity index (χ0) is 26.6. The molecule has 4 atom stereocenters. The SMILES string of the molecule is N#CNC1CCCN(c2nc(OC[C@@]34CCCN3C[C@H](F)C4)nc3c2COC2(CCc4c(Cl)cccc42)C3)C1. The third kappa shape index (κ3) is 4.32. The molecule has 10 heteroatoms. The molecule has 3 fully saturated rings. The maximum atomic E-state index is 14.4. The Balaban J connectivity index is 1.23. The minimum Gasteiger partial charge on any atom is -0.461 e. The Bertz CT molecular complexity index is 1320. The van der Waals surface area contributed by atoms with Gasteiger partial charge in [0, 0.05) is 43.1 Å². The molecule has 5 aliphatic rings. The van der Waals surface area contributed by atoms with Crippen LogP contribution in [0.5, 0.6) is 6.01 Å². The molecule has 0 amide bonds. The molecule has 2 unspecified atom stereocenters. The molecule has 1 aliphatic carbocycles. The molecule has 1 aromatic heterocycles. The third-order valence-corrected chi connectivity index (χ3v) is 9.96. The smallest absolute Gasteiger partial charge is 0.318 e. The normalized spacial score (nSPS) is 31.6. The van der Waals surface area contributed by atoms with Crippen LogP contribution in [0.1, 0.15) is 60.9 Å². The number of piperidine rings is 1. The summed E-state index contributed by atoms with van der Waals surface area (Å²) in [6.07, 6.45) is 8.06. The largest absolute Gasteiger partial charge is 0.461 e. The summed E-state index contributed by atoms with van der Waals surface area (Å²) < 4.78 is 27.4. The number of fused-ring (bicyclic) bond motifs is 4. The zero-order valence-electron chi connectivity index (χ0n) is 22.1. The van der Waals surface area contributed by atoms with Crippen LogP contribution in [0.2, 0.25) is 5.02 Å². The number of anilines is 1. The van der Waals surface area contributed by atoms with Gasteiger partial charge in [-0.05, 0) is 62.3 Å². The number of benzene rings is 1. The zero-order valence-corrected chi connectivity index (χ0v) is 22.9. The van der Waals surface area contributed by atoms with Crippen molar-refractivity contribution >= 4 is 17.4 Å².